The number of aryl methyl sites for hydroxylation is 1. The lowest BCUT2D eigenvalue weighted by Crippen LogP contribution is -2.40. The topological polar surface area (TPSA) is 60.1 Å². The summed E-state index contributed by atoms with van der Waals surface area (Å²) in [5.41, 5.74) is 3.25. The molecule has 0 spiro atoms. The third-order valence-electron chi connectivity index (χ3n) is 2.72. The number of rotatable bonds is 3. The third-order valence-corrected chi connectivity index (χ3v) is 2.72. The number of carbonyl (C=O) groups is 1. The number of ether oxygens (including phenoxy) is 2. The van der Waals surface area contributed by atoms with Crippen molar-refractivity contribution >= 4 is 5.91 Å². The molecule has 1 aromatic carbocycles. The second-order valence-electron chi connectivity index (χ2n) is 4.27. The summed E-state index contributed by atoms with van der Waals surface area (Å²) in [6.45, 7) is 5.02. The quantitative estimate of drug-likeness (QED) is 0.820. The average Bonchev–Trinajstić information content (AvgIpc) is 3.03. The Morgan fingerprint density at radius 2 is 2.06 bits per heavy atom. The maximum atomic E-state index is 9.66. The average molecular weight is 251 g/mol. The Bertz CT molecular complexity index is 415. The summed E-state index contributed by atoms with van der Waals surface area (Å²) in [7, 11) is 0. The molecule has 0 radical (unpaired) electrons. The number of epoxide rings is 1. The van der Waals surface area contributed by atoms with Crippen LogP contribution in [0, 0.1) is 6.92 Å². The van der Waals surface area contributed by atoms with Crippen LogP contribution in [0.4, 0.5) is 0 Å². The van der Waals surface area contributed by atoms with Crippen molar-refractivity contribution in [2.45, 2.75) is 26.1 Å². The fraction of sp³-hybridized carbons (Fsp3) is 0.462. The van der Waals surface area contributed by atoms with Gasteiger partial charge in [0.1, 0.15) is 18.5 Å². The van der Waals surface area contributed by atoms with Crippen molar-refractivity contribution in [1.29, 1.82) is 0 Å². The van der Waals surface area contributed by atoms with Gasteiger partial charge in [0, 0.05) is 0 Å². The molecule has 0 aromatic heterocycles. The van der Waals surface area contributed by atoms with Crippen LogP contribution in [0.1, 0.15) is 12.5 Å². The van der Waals surface area contributed by atoms with E-state index < -0.39 is 0 Å². The highest BCUT2D eigenvalue weighted by Crippen LogP contribution is 2.23. The summed E-state index contributed by atoms with van der Waals surface area (Å²) in [6, 6.07) is 8.03. The molecule has 1 N–H and O–H groups in total. The monoisotopic (exact) mass is 251 g/mol. The second kappa shape index (κ2) is 5.84. The maximum absolute atomic E-state index is 9.66. The summed E-state index contributed by atoms with van der Waals surface area (Å²) < 4.78 is 10.9. The Morgan fingerprint density at radius 1 is 1.44 bits per heavy atom. The van der Waals surface area contributed by atoms with Crippen molar-refractivity contribution < 1.29 is 19.1 Å². The van der Waals surface area contributed by atoms with Crippen molar-refractivity contribution in [2.75, 3.05) is 13.2 Å². The van der Waals surface area contributed by atoms with Crippen molar-refractivity contribution in [3.8, 4) is 5.75 Å². The van der Waals surface area contributed by atoms with Crippen LogP contribution >= 0.6 is 0 Å². The van der Waals surface area contributed by atoms with Gasteiger partial charge in [0.25, 0.3) is 5.91 Å². The summed E-state index contributed by atoms with van der Waals surface area (Å²) in [6.07, 6.45) is 0.684. The highest BCUT2D eigenvalue weighted by molar-refractivity contribution is 5.79. The zero-order valence-electron chi connectivity index (χ0n) is 10.5. The van der Waals surface area contributed by atoms with Crippen LogP contribution in [0.3, 0.4) is 0 Å². The number of carbonyl (C=O) groups excluding carboxylic acids is 1. The van der Waals surface area contributed by atoms with Gasteiger partial charge in [-0.05, 0) is 25.5 Å². The predicted molar refractivity (Wildman–Crippen MR) is 65.1 cm³/mol. The molecule has 0 bridgehead atoms. The van der Waals surface area contributed by atoms with Gasteiger partial charge in [-0.25, -0.2) is 5.48 Å². The van der Waals surface area contributed by atoms with Gasteiger partial charge in [0.05, 0.1) is 6.10 Å². The van der Waals surface area contributed by atoms with Gasteiger partial charge in [0.2, 0.25) is 0 Å². The van der Waals surface area contributed by atoms with E-state index in [2.05, 4.69) is 17.2 Å². The smallest absolute Gasteiger partial charge is 0.272 e. The number of benzene rings is 1. The molecule has 3 rings (SSSR count). The van der Waals surface area contributed by atoms with E-state index in [1.165, 1.54) is 5.56 Å². The van der Waals surface area contributed by atoms with Crippen LogP contribution in [0.2, 0.25) is 0 Å². The van der Waals surface area contributed by atoms with E-state index in [0.29, 0.717) is 18.8 Å². The minimum atomic E-state index is -0.0370. The normalized spacial score (nSPS) is 24.2. The standard InChI is InChI=1S/C11H14O2.C2H3NO2/c1-8-5-3-4-6-10(8)12-7-11-9(2)13-11;4-2-1-5-3-2/h3-6,9,11H,7H2,1-2H3;1H2,(H,3,4). The van der Waals surface area contributed by atoms with E-state index in [-0.39, 0.29) is 12.5 Å². The molecule has 98 valence electrons. The van der Waals surface area contributed by atoms with Crippen LogP contribution in [0.5, 0.6) is 5.75 Å². The summed E-state index contributed by atoms with van der Waals surface area (Å²) >= 11 is 0. The number of hydrogen-bond acceptors (Lipinski definition) is 4. The van der Waals surface area contributed by atoms with Crippen LogP contribution < -0.4 is 10.2 Å². The molecule has 1 amide bonds. The lowest BCUT2D eigenvalue weighted by molar-refractivity contribution is -0.159. The van der Waals surface area contributed by atoms with Crippen molar-refractivity contribution in [1.82, 2.24) is 5.48 Å². The number of amides is 1. The van der Waals surface area contributed by atoms with Crippen LogP contribution in [-0.4, -0.2) is 31.3 Å². The molecule has 2 atom stereocenters. The molecule has 5 nitrogen and oxygen atoms in total. The summed E-state index contributed by atoms with van der Waals surface area (Å²) in [5, 5.41) is 0. The minimum absolute atomic E-state index is 0.0370. The Balaban J connectivity index is 0.000000202. The van der Waals surface area contributed by atoms with Crippen LogP contribution in [0.15, 0.2) is 24.3 Å². The predicted octanol–water partition coefficient (Wildman–Crippen LogP) is 1.21. The van der Waals surface area contributed by atoms with Gasteiger partial charge in [-0.2, -0.15) is 0 Å². The Labute approximate surface area is 106 Å². The minimum Gasteiger partial charge on any atom is -0.491 e. The molecular weight excluding hydrogens is 234 g/mol. The third kappa shape index (κ3) is 3.72. The first-order valence-electron chi connectivity index (χ1n) is 5.91. The first-order valence-corrected chi connectivity index (χ1v) is 5.91. The van der Waals surface area contributed by atoms with Gasteiger partial charge in [0.15, 0.2) is 6.61 Å². The van der Waals surface area contributed by atoms with Gasteiger partial charge in [-0.1, -0.05) is 18.2 Å². The van der Waals surface area contributed by atoms with Gasteiger partial charge in [-0.15, -0.1) is 0 Å². The van der Waals surface area contributed by atoms with E-state index >= 15 is 0 Å². The molecular formula is C13H17NO4. The number of hydrogen-bond donors (Lipinski definition) is 1. The molecule has 2 aliphatic heterocycles. The van der Waals surface area contributed by atoms with Crippen molar-refractivity contribution in [3.63, 3.8) is 0 Å². The van der Waals surface area contributed by atoms with E-state index in [4.69, 9.17) is 9.47 Å². The molecule has 5 heteroatoms. The molecule has 2 heterocycles. The van der Waals surface area contributed by atoms with Crippen LogP contribution in [0.25, 0.3) is 0 Å². The summed E-state index contributed by atoms with van der Waals surface area (Å²) in [5.74, 6) is 0.926. The molecule has 2 saturated heterocycles. The number of nitrogens with one attached hydrogen (secondary N) is 1. The fourth-order valence-corrected chi connectivity index (χ4v) is 1.43. The van der Waals surface area contributed by atoms with Crippen molar-refractivity contribution in [3.05, 3.63) is 29.8 Å². The Morgan fingerprint density at radius 3 is 2.50 bits per heavy atom. The largest absolute Gasteiger partial charge is 0.491 e. The van der Waals surface area contributed by atoms with Gasteiger partial charge < -0.3 is 9.47 Å². The maximum Gasteiger partial charge on any atom is 0.272 e. The lowest BCUT2D eigenvalue weighted by Gasteiger charge is -2.10. The number of para-hydroxylation sites is 1. The van der Waals surface area contributed by atoms with E-state index in [1.807, 2.05) is 31.2 Å². The van der Waals surface area contributed by atoms with E-state index in [0.717, 1.165) is 5.75 Å². The first-order chi connectivity index (χ1) is 8.66. The fourth-order valence-electron chi connectivity index (χ4n) is 1.43. The molecule has 2 fully saturated rings. The number of hydroxylamine groups is 1. The molecule has 18 heavy (non-hydrogen) atoms. The first kappa shape index (κ1) is 12.9. The van der Waals surface area contributed by atoms with Gasteiger partial charge >= 0.3 is 0 Å². The van der Waals surface area contributed by atoms with E-state index in [9.17, 15) is 4.79 Å². The summed E-state index contributed by atoms with van der Waals surface area (Å²) in [4.78, 5) is 13.9. The highest BCUT2D eigenvalue weighted by Gasteiger charge is 2.34. The molecule has 0 saturated carbocycles. The van der Waals surface area contributed by atoms with Crippen LogP contribution in [-0.2, 0) is 14.4 Å². The Hall–Kier alpha value is -1.59. The second-order valence-corrected chi connectivity index (χ2v) is 4.27. The zero-order valence-corrected chi connectivity index (χ0v) is 10.5. The molecule has 2 aliphatic rings. The van der Waals surface area contributed by atoms with E-state index in [1.54, 1.807) is 0 Å². The van der Waals surface area contributed by atoms with Crippen molar-refractivity contribution in [2.24, 2.45) is 0 Å². The molecule has 0 aliphatic carbocycles. The lowest BCUT2D eigenvalue weighted by atomic mass is 10.2. The van der Waals surface area contributed by atoms with Gasteiger partial charge in [-0.3, -0.25) is 9.63 Å². The molecule has 1 aromatic rings. The Kier molecular flexibility index (Phi) is 4.17. The SMILES string of the molecule is Cc1ccccc1OCC1OC1C.O=C1CON1. The molecule has 2 unspecified atom stereocenters. The highest BCUT2D eigenvalue weighted by atomic mass is 16.7. The zero-order chi connectivity index (χ0) is 13.0.